The number of hydrogen-bond acceptors (Lipinski definition) is 3. The van der Waals surface area contributed by atoms with Crippen molar-refractivity contribution < 1.29 is 10.0 Å². The van der Waals surface area contributed by atoms with E-state index in [2.05, 4.69) is 19.0 Å². The molecule has 0 aromatic carbocycles. The number of likely N-dealkylation sites (tertiary alicyclic amines) is 1. The topological polar surface area (TPSA) is 78.9 Å². The molecule has 1 aliphatic rings. The summed E-state index contributed by atoms with van der Waals surface area (Å²) in [6, 6.07) is 0. The van der Waals surface area contributed by atoms with Crippen LogP contribution in [0.3, 0.4) is 0 Å². The maximum Gasteiger partial charge on any atom is 0.235 e. The zero-order valence-electron chi connectivity index (χ0n) is 12.6. The summed E-state index contributed by atoms with van der Waals surface area (Å²) in [5.74, 6) is -0.0797. The minimum atomic E-state index is -0.937. The lowest BCUT2D eigenvalue weighted by Gasteiger charge is -2.43. The normalized spacial score (nSPS) is 20.4. The molecule has 5 heteroatoms. The van der Waals surface area contributed by atoms with Crippen LogP contribution in [0.4, 0.5) is 0 Å². The van der Waals surface area contributed by atoms with Gasteiger partial charge in [-0.05, 0) is 32.1 Å². The molecule has 3 N–H and O–H groups in total. The maximum atomic E-state index is 12.5. The molecule has 1 saturated heterocycles. The van der Waals surface area contributed by atoms with Crippen molar-refractivity contribution in [1.29, 1.82) is 0 Å². The highest BCUT2D eigenvalue weighted by Gasteiger charge is 2.40. The summed E-state index contributed by atoms with van der Waals surface area (Å²) in [6.07, 6.45) is 4.40. The van der Waals surface area contributed by atoms with E-state index >= 15 is 0 Å². The molecule has 1 amide bonds. The fourth-order valence-electron chi connectivity index (χ4n) is 2.77. The first-order valence-corrected chi connectivity index (χ1v) is 7.10. The van der Waals surface area contributed by atoms with Gasteiger partial charge in [-0.1, -0.05) is 31.8 Å². The van der Waals surface area contributed by atoms with E-state index in [9.17, 15) is 4.79 Å². The monoisotopic (exact) mass is 269 g/mol. The number of piperidine rings is 1. The molecule has 0 bridgehead atoms. The number of hydrogen-bond donors (Lipinski definition) is 2. The van der Waals surface area contributed by atoms with E-state index in [0.717, 1.165) is 38.8 Å². The van der Waals surface area contributed by atoms with Gasteiger partial charge in [0.1, 0.15) is 5.41 Å². The van der Waals surface area contributed by atoms with E-state index in [1.165, 1.54) is 0 Å². The zero-order chi connectivity index (χ0) is 14.7. The molecule has 0 radical (unpaired) electrons. The Morgan fingerprint density at radius 3 is 2.16 bits per heavy atom. The Bertz CT molecular complexity index is 350. The van der Waals surface area contributed by atoms with Crippen molar-refractivity contribution in [2.24, 2.45) is 21.7 Å². The minimum Gasteiger partial charge on any atom is -0.409 e. The molecule has 0 atom stereocenters. The van der Waals surface area contributed by atoms with E-state index in [1.54, 1.807) is 13.8 Å². The predicted molar refractivity (Wildman–Crippen MR) is 76.0 cm³/mol. The molecular weight excluding hydrogens is 242 g/mol. The Labute approximate surface area is 115 Å². The van der Waals surface area contributed by atoms with Crippen molar-refractivity contribution in [1.82, 2.24) is 4.90 Å². The second kappa shape index (κ2) is 5.80. The van der Waals surface area contributed by atoms with Crippen LogP contribution in [-0.4, -0.2) is 34.9 Å². The largest absolute Gasteiger partial charge is 0.409 e. The number of nitrogens with two attached hydrogens (primary N) is 1. The summed E-state index contributed by atoms with van der Waals surface area (Å²) >= 11 is 0. The third-order valence-corrected chi connectivity index (χ3v) is 4.89. The summed E-state index contributed by atoms with van der Waals surface area (Å²) < 4.78 is 0. The van der Waals surface area contributed by atoms with Crippen molar-refractivity contribution >= 4 is 11.7 Å². The average molecular weight is 269 g/mol. The number of carbonyl (C=O) groups excluding carboxylic acids is 1. The van der Waals surface area contributed by atoms with Crippen LogP contribution >= 0.6 is 0 Å². The SMILES string of the molecule is CCC1(CC)CCN(C(=O)C(C)(C)C(N)=NO)CC1. The fourth-order valence-corrected chi connectivity index (χ4v) is 2.77. The van der Waals surface area contributed by atoms with Gasteiger partial charge >= 0.3 is 0 Å². The minimum absolute atomic E-state index is 0.0275. The molecule has 1 aliphatic heterocycles. The second-order valence-electron chi connectivity index (χ2n) is 6.11. The zero-order valence-corrected chi connectivity index (χ0v) is 12.6. The lowest BCUT2D eigenvalue weighted by Crippen LogP contribution is -2.51. The summed E-state index contributed by atoms with van der Waals surface area (Å²) in [7, 11) is 0. The maximum absolute atomic E-state index is 12.5. The predicted octanol–water partition coefficient (Wildman–Crippen LogP) is 2.19. The Morgan fingerprint density at radius 2 is 1.79 bits per heavy atom. The van der Waals surface area contributed by atoms with E-state index in [0.29, 0.717) is 5.41 Å². The standard InChI is InChI=1S/C14H27N3O2/c1-5-14(6-2)7-9-17(10-8-14)12(18)13(3,4)11(15)16-19/h19H,5-10H2,1-4H3,(H2,15,16). The third kappa shape index (κ3) is 3.01. The second-order valence-corrected chi connectivity index (χ2v) is 6.11. The van der Waals surface area contributed by atoms with Gasteiger partial charge in [0.15, 0.2) is 5.84 Å². The van der Waals surface area contributed by atoms with Crippen molar-refractivity contribution in [2.75, 3.05) is 13.1 Å². The Morgan fingerprint density at radius 1 is 1.32 bits per heavy atom. The van der Waals surface area contributed by atoms with Crippen LogP contribution in [0.2, 0.25) is 0 Å². The highest BCUT2D eigenvalue weighted by atomic mass is 16.4. The Kier molecular flexibility index (Phi) is 4.82. The number of rotatable bonds is 4. The van der Waals surface area contributed by atoms with Crippen LogP contribution in [0.1, 0.15) is 53.4 Å². The van der Waals surface area contributed by atoms with E-state index in [4.69, 9.17) is 10.9 Å². The lowest BCUT2D eigenvalue weighted by atomic mass is 9.73. The molecule has 19 heavy (non-hydrogen) atoms. The quantitative estimate of drug-likeness (QED) is 0.355. The van der Waals surface area contributed by atoms with Gasteiger partial charge in [0, 0.05) is 13.1 Å². The van der Waals surface area contributed by atoms with Crippen LogP contribution < -0.4 is 5.73 Å². The van der Waals surface area contributed by atoms with Crippen molar-refractivity contribution in [3.63, 3.8) is 0 Å². The van der Waals surface area contributed by atoms with E-state index < -0.39 is 5.41 Å². The van der Waals surface area contributed by atoms with Crippen molar-refractivity contribution in [2.45, 2.75) is 53.4 Å². The van der Waals surface area contributed by atoms with E-state index in [1.807, 2.05) is 4.90 Å². The van der Waals surface area contributed by atoms with E-state index in [-0.39, 0.29) is 11.7 Å². The number of carbonyl (C=O) groups is 1. The molecule has 0 saturated carbocycles. The van der Waals surface area contributed by atoms with Gasteiger partial charge in [0.25, 0.3) is 0 Å². The van der Waals surface area contributed by atoms with Gasteiger partial charge < -0.3 is 15.8 Å². The number of nitrogens with zero attached hydrogens (tertiary/aromatic N) is 2. The first kappa shape index (κ1) is 15.8. The summed E-state index contributed by atoms with van der Waals surface area (Å²) in [6.45, 7) is 9.38. The van der Waals surface area contributed by atoms with Crippen LogP contribution in [-0.2, 0) is 4.79 Å². The van der Waals surface area contributed by atoms with Gasteiger partial charge in [-0.25, -0.2) is 0 Å². The van der Waals surface area contributed by atoms with Crippen LogP contribution in [0, 0.1) is 10.8 Å². The molecule has 0 unspecified atom stereocenters. The molecule has 1 rings (SSSR count). The van der Waals surface area contributed by atoms with Crippen LogP contribution in [0.5, 0.6) is 0 Å². The third-order valence-electron chi connectivity index (χ3n) is 4.89. The van der Waals surface area contributed by atoms with Crippen molar-refractivity contribution in [3.05, 3.63) is 0 Å². The van der Waals surface area contributed by atoms with Gasteiger partial charge in [-0.3, -0.25) is 4.79 Å². The Balaban J connectivity index is 2.73. The molecular formula is C14H27N3O2. The molecule has 0 aromatic rings. The summed E-state index contributed by atoms with van der Waals surface area (Å²) in [4.78, 5) is 14.3. The Hall–Kier alpha value is -1.26. The van der Waals surface area contributed by atoms with Gasteiger partial charge in [-0.15, -0.1) is 0 Å². The van der Waals surface area contributed by atoms with Gasteiger partial charge in [0.05, 0.1) is 0 Å². The van der Waals surface area contributed by atoms with Gasteiger partial charge in [0.2, 0.25) is 5.91 Å². The molecule has 1 heterocycles. The fraction of sp³-hybridized carbons (Fsp3) is 0.857. The van der Waals surface area contributed by atoms with Crippen molar-refractivity contribution in [3.8, 4) is 0 Å². The first-order chi connectivity index (χ1) is 8.83. The smallest absolute Gasteiger partial charge is 0.235 e. The summed E-state index contributed by atoms with van der Waals surface area (Å²) in [5, 5.41) is 11.8. The first-order valence-electron chi connectivity index (χ1n) is 7.10. The number of amidine groups is 1. The highest BCUT2D eigenvalue weighted by molar-refractivity contribution is 6.05. The average Bonchev–Trinajstić information content (AvgIpc) is 2.45. The molecule has 5 nitrogen and oxygen atoms in total. The molecule has 0 aliphatic carbocycles. The number of amides is 1. The van der Waals surface area contributed by atoms with Gasteiger partial charge in [-0.2, -0.15) is 0 Å². The highest BCUT2D eigenvalue weighted by Crippen LogP contribution is 2.38. The molecule has 1 fully saturated rings. The molecule has 110 valence electrons. The van der Waals surface area contributed by atoms with Crippen LogP contribution in [0.25, 0.3) is 0 Å². The molecule has 0 spiro atoms. The lowest BCUT2D eigenvalue weighted by molar-refractivity contribution is -0.139. The molecule has 0 aromatic heterocycles. The number of oxime groups is 1. The summed E-state index contributed by atoms with van der Waals surface area (Å²) in [5.41, 5.74) is 5.07. The van der Waals surface area contributed by atoms with Crippen LogP contribution in [0.15, 0.2) is 5.16 Å².